The molecule has 1 saturated heterocycles. The number of carbonyl (C=O) groups is 1. The summed E-state index contributed by atoms with van der Waals surface area (Å²) in [6.45, 7) is 10.8. The van der Waals surface area contributed by atoms with Crippen LogP contribution in [0.4, 0.5) is 10.6 Å². The van der Waals surface area contributed by atoms with E-state index in [4.69, 9.17) is 4.74 Å². The lowest BCUT2D eigenvalue weighted by Crippen LogP contribution is -2.50. The highest BCUT2D eigenvalue weighted by Crippen LogP contribution is 2.33. The standard InChI is InChI=1S/C19H28N4O2S/c1-6-14-10-15-16(20-11-21-17(15)26-14)23-8-7-13(9-12(23)2)22-18(24)25-19(3,4)5/h10-13H,6-9H2,1-5H3,(H,22,24). The molecule has 3 rings (SSSR count). The smallest absolute Gasteiger partial charge is 0.407 e. The molecule has 26 heavy (non-hydrogen) atoms. The van der Waals surface area contributed by atoms with Crippen molar-refractivity contribution < 1.29 is 9.53 Å². The molecule has 2 unspecified atom stereocenters. The Morgan fingerprint density at radius 1 is 1.42 bits per heavy atom. The van der Waals surface area contributed by atoms with Crippen LogP contribution in [0.2, 0.25) is 0 Å². The fourth-order valence-electron chi connectivity index (χ4n) is 3.39. The predicted octanol–water partition coefficient (Wildman–Crippen LogP) is 4.14. The molecule has 1 aliphatic rings. The first kappa shape index (κ1) is 18.9. The number of hydrogen-bond acceptors (Lipinski definition) is 6. The lowest BCUT2D eigenvalue weighted by atomic mass is 9.98. The molecule has 0 aliphatic carbocycles. The van der Waals surface area contributed by atoms with Crippen molar-refractivity contribution in [1.29, 1.82) is 0 Å². The number of aryl methyl sites for hydroxylation is 1. The second-order valence-electron chi connectivity index (χ2n) is 7.89. The quantitative estimate of drug-likeness (QED) is 0.872. The average Bonchev–Trinajstić information content (AvgIpc) is 2.96. The summed E-state index contributed by atoms with van der Waals surface area (Å²) in [5, 5.41) is 4.15. The summed E-state index contributed by atoms with van der Waals surface area (Å²) < 4.78 is 5.38. The van der Waals surface area contributed by atoms with E-state index in [1.807, 2.05) is 20.8 Å². The number of thiophene rings is 1. The molecular weight excluding hydrogens is 348 g/mol. The first-order valence-electron chi connectivity index (χ1n) is 9.26. The van der Waals surface area contributed by atoms with E-state index in [0.717, 1.165) is 41.8 Å². The summed E-state index contributed by atoms with van der Waals surface area (Å²) in [6, 6.07) is 2.63. The number of anilines is 1. The molecule has 7 heteroatoms. The van der Waals surface area contributed by atoms with E-state index in [1.54, 1.807) is 17.7 Å². The third-order valence-corrected chi connectivity index (χ3v) is 5.76. The van der Waals surface area contributed by atoms with Crippen LogP contribution < -0.4 is 10.2 Å². The largest absolute Gasteiger partial charge is 0.444 e. The molecule has 0 spiro atoms. The van der Waals surface area contributed by atoms with Gasteiger partial charge in [0.2, 0.25) is 0 Å². The normalized spacial score (nSPS) is 21.0. The Morgan fingerprint density at radius 3 is 2.85 bits per heavy atom. The molecule has 1 amide bonds. The molecule has 3 heterocycles. The van der Waals surface area contributed by atoms with Crippen LogP contribution in [0.1, 0.15) is 52.3 Å². The van der Waals surface area contributed by atoms with E-state index in [-0.39, 0.29) is 18.2 Å². The molecule has 0 bridgehead atoms. The number of ether oxygens (including phenoxy) is 1. The van der Waals surface area contributed by atoms with Crippen LogP contribution in [0.15, 0.2) is 12.4 Å². The van der Waals surface area contributed by atoms with Crippen molar-refractivity contribution in [3.05, 3.63) is 17.3 Å². The second-order valence-corrected chi connectivity index (χ2v) is 9.01. The van der Waals surface area contributed by atoms with Gasteiger partial charge in [-0.3, -0.25) is 0 Å². The minimum absolute atomic E-state index is 0.127. The zero-order chi connectivity index (χ0) is 18.9. The Balaban J connectivity index is 1.70. The van der Waals surface area contributed by atoms with Gasteiger partial charge < -0.3 is 15.0 Å². The van der Waals surface area contributed by atoms with Crippen LogP contribution in [-0.4, -0.2) is 40.3 Å². The fraction of sp³-hybridized carbons (Fsp3) is 0.632. The van der Waals surface area contributed by atoms with Gasteiger partial charge in [0.1, 0.15) is 22.6 Å². The van der Waals surface area contributed by atoms with Gasteiger partial charge >= 0.3 is 6.09 Å². The number of piperidine rings is 1. The van der Waals surface area contributed by atoms with Crippen LogP contribution in [0, 0.1) is 0 Å². The molecule has 0 saturated carbocycles. The third kappa shape index (κ3) is 4.26. The third-order valence-electron chi connectivity index (χ3n) is 4.58. The van der Waals surface area contributed by atoms with Crippen molar-refractivity contribution in [2.24, 2.45) is 0 Å². The zero-order valence-electron chi connectivity index (χ0n) is 16.2. The second kappa shape index (κ2) is 7.39. The van der Waals surface area contributed by atoms with Gasteiger partial charge in [0.15, 0.2) is 0 Å². The molecule has 6 nitrogen and oxygen atoms in total. The number of hydrogen-bond donors (Lipinski definition) is 1. The van der Waals surface area contributed by atoms with Crippen molar-refractivity contribution >= 4 is 33.5 Å². The molecule has 1 fully saturated rings. The van der Waals surface area contributed by atoms with E-state index >= 15 is 0 Å². The van der Waals surface area contributed by atoms with E-state index < -0.39 is 5.60 Å². The Morgan fingerprint density at radius 2 is 2.19 bits per heavy atom. The summed E-state index contributed by atoms with van der Waals surface area (Å²) in [6.07, 6.45) is 4.08. The molecule has 2 aromatic heterocycles. The molecule has 0 aromatic carbocycles. The monoisotopic (exact) mass is 376 g/mol. The molecular formula is C19H28N4O2S. The van der Waals surface area contributed by atoms with Gasteiger partial charge in [-0.2, -0.15) is 0 Å². The van der Waals surface area contributed by atoms with Gasteiger partial charge in [-0.1, -0.05) is 6.92 Å². The van der Waals surface area contributed by atoms with Crippen LogP contribution >= 0.6 is 11.3 Å². The number of nitrogens with one attached hydrogen (secondary N) is 1. The maximum Gasteiger partial charge on any atom is 0.407 e. The topological polar surface area (TPSA) is 67.4 Å². The Kier molecular flexibility index (Phi) is 5.37. The van der Waals surface area contributed by atoms with Gasteiger partial charge in [-0.05, 0) is 53.0 Å². The Bertz CT molecular complexity index is 783. The van der Waals surface area contributed by atoms with Crippen molar-refractivity contribution in [1.82, 2.24) is 15.3 Å². The summed E-state index contributed by atoms with van der Waals surface area (Å²) in [5.41, 5.74) is -0.473. The van der Waals surface area contributed by atoms with Crippen molar-refractivity contribution in [2.45, 2.75) is 71.6 Å². The number of rotatable bonds is 3. The molecule has 1 N–H and O–H groups in total. The van der Waals surface area contributed by atoms with Gasteiger partial charge in [-0.25, -0.2) is 14.8 Å². The van der Waals surface area contributed by atoms with Crippen LogP contribution in [0.25, 0.3) is 10.2 Å². The summed E-state index contributed by atoms with van der Waals surface area (Å²) in [5.74, 6) is 1.01. The van der Waals surface area contributed by atoms with E-state index in [0.29, 0.717) is 0 Å². The highest BCUT2D eigenvalue weighted by molar-refractivity contribution is 7.18. The zero-order valence-corrected chi connectivity index (χ0v) is 17.0. The maximum absolute atomic E-state index is 12.0. The van der Waals surface area contributed by atoms with Gasteiger partial charge in [0.25, 0.3) is 0 Å². The Labute approximate surface area is 159 Å². The first-order chi connectivity index (χ1) is 12.3. The molecule has 2 aromatic rings. The predicted molar refractivity (Wildman–Crippen MR) is 106 cm³/mol. The number of carbonyl (C=O) groups excluding carboxylic acids is 1. The highest BCUT2D eigenvalue weighted by Gasteiger charge is 2.29. The SMILES string of the molecule is CCc1cc2c(N3CCC(NC(=O)OC(C)(C)C)CC3C)ncnc2s1. The number of aromatic nitrogens is 2. The molecule has 1 aliphatic heterocycles. The first-order valence-corrected chi connectivity index (χ1v) is 10.1. The lowest BCUT2D eigenvalue weighted by molar-refractivity contribution is 0.0494. The summed E-state index contributed by atoms with van der Waals surface area (Å²) in [7, 11) is 0. The van der Waals surface area contributed by atoms with Crippen molar-refractivity contribution in [2.75, 3.05) is 11.4 Å². The molecule has 142 valence electrons. The highest BCUT2D eigenvalue weighted by atomic mass is 32.1. The van der Waals surface area contributed by atoms with Crippen molar-refractivity contribution in [3.63, 3.8) is 0 Å². The van der Waals surface area contributed by atoms with Crippen LogP contribution in [-0.2, 0) is 11.2 Å². The lowest BCUT2D eigenvalue weighted by Gasteiger charge is -2.39. The number of fused-ring (bicyclic) bond motifs is 1. The van der Waals surface area contributed by atoms with E-state index in [2.05, 4.69) is 40.1 Å². The summed E-state index contributed by atoms with van der Waals surface area (Å²) >= 11 is 1.74. The minimum Gasteiger partial charge on any atom is -0.444 e. The minimum atomic E-state index is -0.473. The number of nitrogens with zero attached hydrogens (tertiary/aromatic N) is 3. The van der Waals surface area contributed by atoms with Crippen molar-refractivity contribution in [3.8, 4) is 0 Å². The average molecular weight is 377 g/mol. The maximum atomic E-state index is 12.0. The van der Waals surface area contributed by atoms with Crippen LogP contribution in [0.5, 0.6) is 0 Å². The van der Waals surface area contributed by atoms with Crippen LogP contribution in [0.3, 0.4) is 0 Å². The molecule has 0 radical (unpaired) electrons. The van der Waals surface area contributed by atoms with Gasteiger partial charge in [-0.15, -0.1) is 11.3 Å². The molecule has 2 atom stereocenters. The Hall–Kier alpha value is -1.89. The van der Waals surface area contributed by atoms with E-state index in [1.165, 1.54) is 4.88 Å². The number of amides is 1. The van der Waals surface area contributed by atoms with E-state index in [9.17, 15) is 4.79 Å². The summed E-state index contributed by atoms with van der Waals surface area (Å²) in [4.78, 5) is 25.7. The number of alkyl carbamates (subject to hydrolysis) is 1. The van der Waals surface area contributed by atoms with Gasteiger partial charge in [0.05, 0.1) is 5.39 Å². The fourth-order valence-corrected chi connectivity index (χ4v) is 4.32. The van der Waals surface area contributed by atoms with Gasteiger partial charge in [0, 0.05) is 23.5 Å².